The molecular weight excluding hydrogens is 317 g/mol. The average molecular weight is 328 g/mol. The van der Waals surface area contributed by atoms with Crippen LogP contribution < -0.4 is 5.32 Å². The first kappa shape index (κ1) is 15.9. The van der Waals surface area contributed by atoms with E-state index in [2.05, 4.69) is 5.32 Å². The molecule has 1 heterocycles. The molecule has 0 aliphatic carbocycles. The number of nitrogens with one attached hydrogen (secondary N) is 1. The lowest BCUT2D eigenvalue weighted by Gasteiger charge is -2.14. The Bertz CT molecular complexity index is 679. The van der Waals surface area contributed by atoms with Gasteiger partial charge in [0.1, 0.15) is 12.4 Å². The molecule has 0 aromatic heterocycles. The highest BCUT2D eigenvalue weighted by Gasteiger charge is 2.44. The van der Waals surface area contributed by atoms with Crippen molar-refractivity contribution < 1.29 is 23.6 Å². The van der Waals surface area contributed by atoms with E-state index in [0.29, 0.717) is 4.90 Å². The van der Waals surface area contributed by atoms with Crippen molar-refractivity contribution in [1.82, 2.24) is 9.80 Å². The monoisotopic (exact) mass is 327 g/mol. The topological polar surface area (TPSA) is 86.8 Å². The van der Waals surface area contributed by atoms with Gasteiger partial charge < -0.3 is 5.32 Å². The molecule has 0 spiro atoms. The van der Waals surface area contributed by atoms with Crippen molar-refractivity contribution >= 4 is 41.0 Å². The van der Waals surface area contributed by atoms with Crippen LogP contribution in [0.3, 0.4) is 0 Å². The van der Waals surface area contributed by atoms with Gasteiger partial charge in [0.15, 0.2) is 0 Å². The third-order valence-corrected chi connectivity index (χ3v) is 3.19. The number of likely N-dealkylation sites (N-methyl/N-ethyl adjacent to an activating group) is 1. The number of anilines is 1. The number of imide groups is 2. The summed E-state index contributed by atoms with van der Waals surface area (Å²) in [7, 11) is 0. The van der Waals surface area contributed by atoms with E-state index in [9.17, 15) is 23.6 Å². The van der Waals surface area contributed by atoms with Crippen LogP contribution in [-0.4, -0.2) is 46.6 Å². The zero-order chi connectivity index (χ0) is 16.4. The second-order valence-electron chi connectivity index (χ2n) is 4.40. The fourth-order valence-corrected chi connectivity index (χ4v) is 2.07. The number of nitrogens with zero attached hydrogens (tertiary/aromatic N) is 2. The van der Waals surface area contributed by atoms with Gasteiger partial charge in [-0.05, 0) is 25.1 Å². The van der Waals surface area contributed by atoms with Gasteiger partial charge in [-0.3, -0.25) is 19.3 Å². The quantitative estimate of drug-likeness (QED) is 0.665. The maximum absolute atomic E-state index is 13.5. The van der Waals surface area contributed by atoms with E-state index >= 15 is 0 Å². The lowest BCUT2D eigenvalue weighted by atomic mass is 10.3. The van der Waals surface area contributed by atoms with Gasteiger partial charge in [-0.25, -0.2) is 14.1 Å². The predicted octanol–water partition coefficient (Wildman–Crippen LogP) is 1.23. The molecule has 1 aliphatic rings. The number of halogens is 2. The number of amides is 5. The first-order valence-corrected chi connectivity index (χ1v) is 6.65. The van der Waals surface area contributed by atoms with E-state index in [1.807, 2.05) is 0 Å². The zero-order valence-corrected chi connectivity index (χ0v) is 12.2. The van der Waals surface area contributed by atoms with Gasteiger partial charge in [-0.1, -0.05) is 11.6 Å². The minimum atomic E-state index is -1.09. The van der Waals surface area contributed by atoms with Gasteiger partial charge in [0.05, 0.1) is 5.69 Å². The molecule has 0 radical (unpaired) electrons. The third kappa shape index (κ3) is 2.91. The molecule has 7 nitrogen and oxygen atoms in total. The van der Waals surface area contributed by atoms with Gasteiger partial charge in [-0.2, -0.15) is 0 Å². The molecular formula is C13H11ClFN3O4. The van der Waals surface area contributed by atoms with Crippen LogP contribution in [-0.2, 0) is 14.4 Å². The molecule has 0 atom stereocenters. The van der Waals surface area contributed by atoms with Crippen LogP contribution in [0.5, 0.6) is 0 Å². The average Bonchev–Trinajstić information content (AvgIpc) is 2.66. The van der Waals surface area contributed by atoms with E-state index in [-0.39, 0.29) is 17.3 Å². The Balaban J connectivity index is 2.09. The summed E-state index contributed by atoms with van der Waals surface area (Å²) in [6, 6.07) is 2.68. The van der Waals surface area contributed by atoms with E-state index < -0.39 is 36.1 Å². The first-order chi connectivity index (χ1) is 10.3. The zero-order valence-electron chi connectivity index (χ0n) is 11.4. The normalized spacial score (nSPS) is 14.8. The molecule has 0 bridgehead atoms. The smallest absolute Gasteiger partial charge is 0.322 e. The summed E-state index contributed by atoms with van der Waals surface area (Å²) in [6.45, 7) is 0.851. The van der Waals surface area contributed by atoms with Crippen molar-refractivity contribution in [3.05, 3.63) is 29.0 Å². The molecule has 22 heavy (non-hydrogen) atoms. The van der Waals surface area contributed by atoms with Gasteiger partial charge >= 0.3 is 17.8 Å². The molecule has 1 aliphatic heterocycles. The van der Waals surface area contributed by atoms with Crippen molar-refractivity contribution in [1.29, 1.82) is 0 Å². The lowest BCUT2D eigenvalue weighted by Crippen LogP contribution is -2.39. The number of rotatable bonds is 4. The molecule has 116 valence electrons. The van der Waals surface area contributed by atoms with Crippen molar-refractivity contribution in [2.24, 2.45) is 0 Å². The highest BCUT2D eigenvalue weighted by atomic mass is 35.5. The Labute approximate surface area is 129 Å². The van der Waals surface area contributed by atoms with Gasteiger partial charge in [0, 0.05) is 11.6 Å². The van der Waals surface area contributed by atoms with E-state index in [4.69, 9.17) is 11.6 Å². The molecule has 5 amide bonds. The van der Waals surface area contributed by atoms with E-state index in [0.717, 1.165) is 11.0 Å². The van der Waals surface area contributed by atoms with Crippen LogP contribution in [0.15, 0.2) is 18.2 Å². The van der Waals surface area contributed by atoms with Crippen LogP contribution in [0.4, 0.5) is 14.9 Å². The molecule has 1 N–H and O–H groups in total. The molecule has 0 saturated carbocycles. The Morgan fingerprint density at radius 2 is 1.86 bits per heavy atom. The van der Waals surface area contributed by atoms with Crippen LogP contribution in [0, 0.1) is 5.82 Å². The highest BCUT2D eigenvalue weighted by Crippen LogP contribution is 2.20. The molecule has 1 fully saturated rings. The third-order valence-electron chi connectivity index (χ3n) is 2.96. The predicted molar refractivity (Wildman–Crippen MR) is 74.5 cm³/mol. The molecule has 0 unspecified atom stereocenters. The molecule has 9 heteroatoms. The van der Waals surface area contributed by atoms with Crippen LogP contribution in [0.2, 0.25) is 5.02 Å². The highest BCUT2D eigenvalue weighted by molar-refractivity contribution is 6.45. The summed E-state index contributed by atoms with van der Waals surface area (Å²) in [4.78, 5) is 48.0. The van der Waals surface area contributed by atoms with Gasteiger partial charge in [0.2, 0.25) is 5.91 Å². The second-order valence-corrected chi connectivity index (χ2v) is 4.83. The fourth-order valence-electron chi connectivity index (χ4n) is 1.90. The number of carbonyl (C=O) groups excluding carboxylic acids is 4. The number of benzene rings is 1. The Morgan fingerprint density at radius 1 is 1.23 bits per heavy atom. The van der Waals surface area contributed by atoms with E-state index in [1.165, 1.54) is 19.1 Å². The standard InChI is InChI=1S/C13H11ClFN3O4/c1-2-17-11(20)12(21)18(13(17)22)6-10(19)16-9-5-7(14)3-4-8(9)15/h3-5H,2,6H2,1H3,(H,16,19). The summed E-state index contributed by atoms with van der Waals surface area (Å²) in [5, 5.41) is 2.40. The first-order valence-electron chi connectivity index (χ1n) is 6.27. The van der Waals surface area contributed by atoms with Crippen LogP contribution in [0.25, 0.3) is 0 Å². The largest absolute Gasteiger partial charge is 0.334 e. The van der Waals surface area contributed by atoms with Crippen molar-refractivity contribution in [3.63, 3.8) is 0 Å². The summed E-state index contributed by atoms with van der Waals surface area (Å²) in [5.41, 5.74) is -0.185. The van der Waals surface area contributed by atoms with Crippen molar-refractivity contribution in [2.45, 2.75) is 6.92 Å². The lowest BCUT2D eigenvalue weighted by molar-refractivity contribution is -0.143. The Morgan fingerprint density at radius 3 is 2.45 bits per heavy atom. The summed E-state index contributed by atoms with van der Waals surface area (Å²) >= 11 is 5.69. The maximum atomic E-state index is 13.5. The Hall–Kier alpha value is -2.48. The molecule has 1 aromatic carbocycles. The number of carbonyl (C=O) groups is 4. The summed E-state index contributed by atoms with van der Waals surface area (Å²) in [6.07, 6.45) is 0. The van der Waals surface area contributed by atoms with Crippen LogP contribution in [0.1, 0.15) is 6.92 Å². The molecule has 2 rings (SSSR count). The van der Waals surface area contributed by atoms with Crippen molar-refractivity contribution in [3.8, 4) is 0 Å². The fraction of sp³-hybridized carbons (Fsp3) is 0.231. The van der Waals surface area contributed by atoms with Gasteiger partial charge in [0.25, 0.3) is 0 Å². The number of hydrogen-bond acceptors (Lipinski definition) is 4. The Kier molecular flexibility index (Phi) is 4.41. The number of urea groups is 1. The van der Waals surface area contributed by atoms with Gasteiger partial charge in [-0.15, -0.1) is 0 Å². The minimum Gasteiger partial charge on any atom is -0.322 e. The van der Waals surface area contributed by atoms with Crippen molar-refractivity contribution in [2.75, 3.05) is 18.4 Å². The second kappa shape index (κ2) is 6.10. The molecule has 1 saturated heterocycles. The van der Waals surface area contributed by atoms with Crippen LogP contribution >= 0.6 is 11.6 Å². The number of hydrogen-bond donors (Lipinski definition) is 1. The summed E-state index contributed by atoms with van der Waals surface area (Å²) in [5.74, 6) is -3.63. The van der Waals surface area contributed by atoms with E-state index in [1.54, 1.807) is 0 Å². The SMILES string of the molecule is CCN1C(=O)C(=O)N(CC(=O)Nc2cc(Cl)ccc2F)C1=O. The maximum Gasteiger partial charge on any atom is 0.334 e. The summed E-state index contributed by atoms with van der Waals surface area (Å²) < 4.78 is 13.5. The molecule has 1 aromatic rings. The minimum absolute atomic E-state index is 0.0183.